The monoisotopic (exact) mass is 287 g/mol. The zero-order valence-electron chi connectivity index (χ0n) is 11.9. The first kappa shape index (κ1) is 13.6. The highest BCUT2D eigenvalue weighted by Crippen LogP contribution is 2.23. The van der Waals surface area contributed by atoms with E-state index >= 15 is 0 Å². The minimum absolute atomic E-state index is 0.615. The van der Waals surface area contributed by atoms with Crippen molar-refractivity contribution in [2.24, 2.45) is 0 Å². The van der Waals surface area contributed by atoms with Crippen LogP contribution in [0.1, 0.15) is 24.3 Å². The van der Waals surface area contributed by atoms with Gasteiger partial charge in [-0.05, 0) is 38.4 Å². The molecule has 2 N–H and O–H groups in total. The Kier molecular flexibility index (Phi) is 4.33. The first-order valence-electron chi connectivity index (χ1n) is 7.31. The molecule has 0 radical (unpaired) electrons. The van der Waals surface area contributed by atoms with Crippen LogP contribution in [0.5, 0.6) is 0 Å². The molecule has 4 heteroatoms. The van der Waals surface area contributed by atoms with E-state index in [4.69, 9.17) is 0 Å². The van der Waals surface area contributed by atoms with Crippen LogP contribution in [-0.4, -0.2) is 24.1 Å². The van der Waals surface area contributed by atoms with E-state index in [0.29, 0.717) is 6.04 Å². The summed E-state index contributed by atoms with van der Waals surface area (Å²) < 4.78 is 0. The molecule has 1 aromatic heterocycles. The van der Waals surface area contributed by atoms with Gasteiger partial charge < -0.3 is 10.6 Å². The second-order valence-electron chi connectivity index (χ2n) is 5.36. The molecule has 106 valence electrons. The largest absolute Gasteiger partial charge is 0.383 e. The van der Waals surface area contributed by atoms with Crippen LogP contribution in [0.25, 0.3) is 11.3 Å². The highest BCUT2D eigenvalue weighted by atomic mass is 32.1. The lowest BCUT2D eigenvalue weighted by Crippen LogP contribution is -2.39. The zero-order chi connectivity index (χ0) is 13.8. The summed E-state index contributed by atoms with van der Waals surface area (Å²) in [5.41, 5.74) is 3.46. The average Bonchev–Trinajstić information content (AvgIpc) is 2.93. The van der Waals surface area contributed by atoms with Crippen LogP contribution in [0.15, 0.2) is 29.6 Å². The molecule has 1 unspecified atom stereocenters. The Morgan fingerprint density at radius 3 is 2.80 bits per heavy atom. The summed E-state index contributed by atoms with van der Waals surface area (Å²) in [7, 11) is 0. The van der Waals surface area contributed by atoms with Crippen LogP contribution in [-0.2, 0) is 0 Å². The molecule has 1 aliphatic heterocycles. The van der Waals surface area contributed by atoms with E-state index in [1.54, 1.807) is 11.3 Å². The number of nitrogens with one attached hydrogen (secondary N) is 2. The fourth-order valence-corrected chi connectivity index (χ4v) is 3.22. The molecule has 0 aliphatic carbocycles. The number of anilines is 1. The van der Waals surface area contributed by atoms with Crippen LogP contribution in [0.4, 0.5) is 5.69 Å². The zero-order valence-corrected chi connectivity index (χ0v) is 12.7. The maximum absolute atomic E-state index is 4.52. The molecular weight excluding hydrogens is 266 g/mol. The number of hydrogen-bond acceptors (Lipinski definition) is 4. The summed E-state index contributed by atoms with van der Waals surface area (Å²) in [4.78, 5) is 4.52. The number of thiazole rings is 1. The van der Waals surface area contributed by atoms with Crippen LogP contribution in [0, 0.1) is 6.92 Å². The van der Waals surface area contributed by atoms with E-state index in [9.17, 15) is 0 Å². The first-order valence-corrected chi connectivity index (χ1v) is 8.19. The maximum atomic E-state index is 4.52. The summed E-state index contributed by atoms with van der Waals surface area (Å²) in [6.07, 6.45) is 3.95. The predicted molar refractivity (Wildman–Crippen MR) is 86.4 cm³/mol. The van der Waals surface area contributed by atoms with Crippen molar-refractivity contribution in [3.63, 3.8) is 0 Å². The molecule has 0 bridgehead atoms. The van der Waals surface area contributed by atoms with E-state index in [1.807, 2.05) is 6.92 Å². The normalized spacial score (nSPS) is 18.9. The molecule has 1 saturated heterocycles. The topological polar surface area (TPSA) is 37.0 Å². The Bertz CT molecular complexity index is 541. The van der Waals surface area contributed by atoms with Crippen molar-refractivity contribution in [2.45, 2.75) is 32.2 Å². The minimum Gasteiger partial charge on any atom is -0.383 e. The minimum atomic E-state index is 0.615. The van der Waals surface area contributed by atoms with Gasteiger partial charge in [0.25, 0.3) is 0 Å². The average molecular weight is 287 g/mol. The quantitative estimate of drug-likeness (QED) is 0.901. The highest BCUT2D eigenvalue weighted by molar-refractivity contribution is 7.09. The number of nitrogens with zero attached hydrogens (tertiary/aromatic N) is 1. The van der Waals surface area contributed by atoms with Gasteiger partial charge >= 0.3 is 0 Å². The van der Waals surface area contributed by atoms with E-state index in [0.717, 1.165) is 23.8 Å². The van der Waals surface area contributed by atoms with Gasteiger partial charge in [-0.15, -0.1) is 11.3 Å². The molecule has 3 rings (SSSR count). The smallest absolute Gasteiger partial charge is 0.0901 e. The molecule has 1 atom stereocenters. The number of rotatable bonds is 4. The Morgan fingerprint density at radius 2 is 2.15 bits per heavy atom. The molecule has 1 fully saturated rings. The third-order valence-corrected chi connectivity index (χ3v) is 4.54. The van der Waals surface area contributed by atoms with Crippen molar-refractivity contribution < 1.29 is 0 Å². The van der Waals surface area contributed by atoms with E-state index < -0.39 is 0 Å². The number of piperidine rings is 1. The lowest BCUT2D eigenvalue weighted by Gasteiger charge is -2.24. The number of aryl methyl sites for hydroxylation is 1. The second-order valence-corrected chi connectivity index (χ2v) is 6.42. The van der Waals surface area contributed by atoms with Gasteiger partial charge in [0, 0.05) is 29.2 Å². The molecule has 3 nitrogen and oxygen atoms in total. The Morgan fingerprint density at radius 1 is 1.30 bits per heavy atom. The molecular formula is C16H21N3S. The van der Waals surface area contributed by atoms with Crippen molar-refractivity contribution in [3.8, 4) is 11.3 Å². The number of benzene rings is 1. The fourth-order valence-electron chi connectivity index (χ4n) is 2.59. The molecule has 2 heterocycles. The molecule has 20 heavy (non-hydrogen) atoms. The number of hydrogen-bond donors (Lipinski definition) is 2. The molecule has 2 aromatic rings. The molecule has 1 aromatic carbocycles. The molecule has 0 spiro atoms. The van der Waals surface area contributed by atoms with Gasteiger partial charge in [0.1, 0.15) is 0 Å². The summed E-state index contributed by atoms with van der Waals surface area (Å²) in [6, 6.07) is 9.19. The molecule has 1 aliphatic rings. The third kappa shape index (κ3) is 3.38. The van der Waals surface area contributed by atoms with Gasteiger partial charge in [0.05, 0.1) is 10.7 Å². The standard InChI is InChI=1S/C16H21N3S/c1-12-19-16(11-20-12)13-5-7-14(8-6-13)18-10-15-4-2-3-9-17-15/h5-8,11,15,17-18H,2-4,9-10H2,1H3. The van der Waals surface area contributed by atoms with E-state index in [1.165, 1.54) is 30.5 Å². The Hall–Kier alpha value is -1.39. The molecule has 0 saturated carbocycles. The summed E-state index contributed by atoms with van der Waals surface area (Å²) in [5, 5.41) is 10.3. The van der Waals surface area contributed by atoms with Crippen LogP contribution >= 0.6 is 11.3 Å². The number of aromatic nitrogens is 1. The Balaban J connectivity index is 1.58. The van der Waals surface area contributed by atoms with E-state index in [2.05, 4.69) is 45.3 Å². The van der Waals surface area contributed by atoms with Gasteiger partial charge in [0.2, 0.25) is 0 Å². The van der Waals surface area contributed by atoms with Gasteiger partial charge in [-0.3, -0.25) is 0 Å². The van der Waals surface area contributed by atoms with Crippen molar-refractivity contribution in [1.82, 2.24) is 10.3 Å². The van der Waals surface area contributed by atoms with E-state index in [-0.39, 0.29) is 0 Å². The van der Waals surface area contributed by atoms with Gasteiger partial charge in [0.15, 0.2) is 0 Å². The van der Waals surface area contributed by atoms with Crippen LogP contribution < -0.4 is 10.6 Å². The van der Waals surface area contributed by atoms with Crippen LogP contribution in [0.3, 0.4) is 0 Å². The first-order chi connectivity index (χ1) is 9.81. The summed E-state index contributed by atoms with van der Waals surface area (Å²) >= 11 is 1.70. The SMILES string of the molecule is Cc1nc(-c2ccc(NCC3CCCCN3)cc2)cs1. The van der Waals surface area contributed by atoms with Crippen molar-refractivity contribution in [2.75, 3.05) is 18.4 Å². The van der Waals surface area contributed by atoms with Gasteiger partial charge in [-0.2, -0.15) is 0 Å². The van der Waals surface area contributed by atoms with Gasteiger partial charge in [-0.1, -0.05) is 18.6 Å². The van der Waals surface area contributed by atoms with Crippen molar-refractivity contribution >= 4 is 17.0 Å². The van der Waals surface area contributed by atoms with Crippen LogP contribution in [0.2, 0.25) is 0 Å². The predicted octanol–water partition coefficient (Wildman–Crippen LogP) is 3.67. The lowest BCUT2D eigenvalue weighted by atomic mass is 10.1. The van der Waals surface area contributed by atoms with Gasteiger partial charge in [-0.25, -0.2) is 4.98 Å². The van der Waals surface area contributed by atoms with Crippen molar-refractivity contribution in [1.29, 1.82) is 0 Å². The third-order valence-electron chi connectivity index (χ3n) is 3.76. The summed E-state index contributed by atoms with van der Waals surface area (Å²) in [6.45, 7) is 4.21. The second kappa shape index (κ2) is 6.37. The lowest BCUT2D eigenvalue weighted by molar-refractivity contribution is 0.414. The Labute approximate surface area is 124 Å². The highest BCUT2D eigenvalue weighted by Gasteiger charge is 2.11. The maximum Gasteiger partial charge on any atom is 0.0901 e. The van der Waals surface area contributed by atoms with Crippen molar-refractivity contribution in [3.05, 3.63) is 34.7 Å². The fraction of sp³-hybridized carbons (Fsp3) is 0.438. The molecule has 0 amide bonds. The summed E-state index contributed by atoms with van der Waals surface area (Å²) in [5.74, 6) is 0.